The molecule has 23 heavy (non-hydrogen) atoms. The number of nitrogens with zero attached hydrogens (tertiary/aromatic N) is 2. The SMILES string of the molecule is C[C@]12Cc3cnn(-c4ccc(F)cc4)c3C=C1CC[C@@H]2[C@@H]1CO1. The monoisotopic (exact) mass is 310 g/mol. The molecule has 0 unspecified atom stereocenters. The Morgan fingerprint density at radius 2 is 2.09 bits per heavy atom. The highest BCUT2D eigenvalue weighted by atomic mass is 19.1. The first-order valence-electron chi connectivity index (χ1n) is 8.31. The molecule has 1 aromatic carbocycles. The molecule has 3 aliphatic rings. The molecule has 2 heterocycles. The highest BCUT2D eigenvalue weighted by Gasteiger charge is 2.52. The van der Waals surface area contributed by atoms with Crippen LogP contribution in [-0.2, 0) is 11.2 Å². The van der Waals surface area contributed by atoms with Gasteiger partial charge in [0.1, 0.15) is 5.82 Å². The third-order valence-corrected chi connectivity index (χ3v) is 5.91. The Kier molecular flexibility index (Phi) is 2.66. The summed E-state index contributed by atoms with van der Waals surface area (Å²) in [5.74, 6) is 0.417. The highest BCUT2D eigenvalue weighted by Crippen LogP contribution is 2.56. The summed E-state index contributed by atoms with van der Waals surface area (Å²) in [5.41, 5.74) is 5.09. The highest BCUT2D eigenvalue weighted by molar-refractivity contribution is 5.62. The summed E-state index contributed by atoms with van der Waals surface area (Å²) in [6.45, 7) is 3.31. The van der Waals surface area contributed by atoms with Crippen LogP contribution in [0.15, 0.2) is 36.0 Å². The van der Waals surface area contributed by atoms with E-state index in [0.717, 1.165) is 30.8 Å². The minimum Gasteiger partial charge on any atom is -0.373 e. The third-order valence-electron chi connectivity index (χ3n) is 5.91. The van der Waals surface area contributed by atoms with Gasteiger partial charge in [-0.3, -0.25) is 0 Å². The fourth-order valence-corrected chi connectivity index (χ4v) is 4.55. The van der Waals surface area contributed by atoms with Gasteiger partial charge in [0.2, 0.25) is 0 Å². The lowest BCUT2D eigenvalue weighted by Gasteiger charge is -2.35. The minimum absolute atomic E-state index is 0.213. The van der Waals surface area contributed by atoms with Gasteiger partial charge in [-0.25, -0.2) is 9.07 Å². The predicted octanol–water partition coefficient (Wildman–Crippen LogP) is 3.77. The van der Waals surface area contributed by atoms with Gasteiger partial charge in [0.05, 0.1) is 30.3 Å². The molecule has 2 fully saturated rings. The number of ether oxygens (including phenoxy) is 1. The standard InChI is InChI=1S/C19H19FN2O/c1-19-9-12-10-21-22(15-5-3-14(20)4-6-15)17(12)8-13(19)2-7-16(19)18-11-23-18/h3-6,8,10,16,18H,2,7,9,11H2,1H3/t16-,18+,19+/m1/s1. The van der Waals surface area contributed by atoms with Crippen LogP contribution >= 0.6 is 0 Å². The number of rotatable bonds is 2. The summed E-state index contributed by atoms with van der Waals surface area (Å²) in [7, 11) is 0. The fourth-order valence-electron chi connectivity index (χ4n) is 4.55. The van der Waals surface area contributed by atoms with Crippen molar-refractivity contribution in [2.24, 2.45) is 11.3 Å². The molecule has 3 atom stereocenters. The average Bonchev–Trinajstić information content (AvgIpc) is 3.21. The van der Waals surface area contributed by atoms with E-state index in [1.807, 2.05) is 10.9 Å². The molecular formula is C19H19FN2O. The molecule has 2 aromatic rings. The van der Waals surface area contributed by atoms with Crippen molar-refractivity contribution < 1.29 is 9.13 Å². The van der Waals surface area contributed by atoms with Crippen molar-refractivity contribution in [3.05, 3.63) is 53.1 Å². The molecule has 0 N–H and O–H groups in total. The molecule has 2 aliphatic carbocycles. The lowest BCUT2D eigenvalue weighted by Crippen LogP contribution is -2.31. The van der Waals surface area contributed by atoms with Crippen molar-refractivity contribution in [2.75, 3.05) is 6.61 Å². The van der Waals surface area contributed by atoms with Crippen molar-refractivity contribution in [1.29, 1.82) is 0 Å². The van der Waals surface area contributed by atoms with E-state index >= 15 is 0 Å². The number of benzene rings is 1. The van der Waals surface area contributed by atoms with Crippen LogP contribution in [0.3, 0.4) is 0 Å². The molecule has 0 spiro atoms. The maximum absolute atomic E-state index is 13.2. The lowest BCUT2D eigenvalue weighted by atomic mass is 9.69. The van der Waals surface area contributed by atoms with Gasteiger partial charge in [-0.1, -0.05) is 12.5 Å². The number of halogens is 1. The second-order valence-electron chi connectivity index (χ2n) is 7.22. The first kappa shape index (κ1) is 13.5. The van der Waals surface area contributed by atoms with Crippen molar-refractivity contribution in [2.45, 2.75) is 32.3 Å². The van der Waals surface area contributed by atoms with E-state index in [9.17, 15) is 4.39 Å². The predicted molar refractivity (Wildman–Crippen MR) is 85.8 cm³/mol. The van der Waals surface area contributed by atoms with Crippen molar-refractivity contribution in [1.82, 2.24) is 9.78 Å². The quantitative estimate of drug-likeness (QED) is 0.791. The molecule has 4 heteroatoms. The van der Waals surface area contributed by atoms with Gasteiger partial charge < -0.3 is 4.74 Å². The largest absolute Gasteiger partial charge is 0.373 e. The van der Waals surface area contributed by atoms with Gasteiger partial charge in [-0.15, -0.1) is 0 Å². The van der Waals surface area contributed by atoms with Crippen molar-refractivity contribution in [3.8, 4) is 5.69 Å². The molecule has 1 aromatic heterocycles. The second-order valence-corrected chi connectivity index (χ2v) is 7.22. The van der Waals surface area contributed by atoms with Gasteiger partial charge in [-0.05, 0) is 66.5 Å². The van der Waals surface area contributed by atoms with Gasteiger partial charge in [0.15, 0.2) is 0 Å². The Hall–Kier alpha value is -1.94. The fraction of sp³-hybridized carbons (Fsp3) is 0.421. The van der Waals surface area contributed by atoms with Crippen LogP contribution in [-0.4, -0.2) is 22.5 Å². The van der Waals surface area contributed by atoms with Crippen LogP contribution in [0.5, 0.6) is 0 Å². The summed E-state index contributed by atoms with van der Waals surface area (Å²) in [6.07, 6.45) is 8.15. The molecule has 1 saturated heterocycles. The third kappa shape index (κ3) is 1.94. The maximum atomic E-state index is 13.2. The van der Waals surface area contributed by atoms with Gasteiger partial charge >= 0.3 is 0 Å². The molecule has 0 amide bonds. The number of epoxide rings is 1. The Bertz CT molecular complexity index is 803. The number of hydrogen-bond donors (Lipinski definition) is 0. The number of fused-ring (bicyclic) bond motifs is 2. The van der Waals surface area contributed by atoms with Crippen LogP contribution in [0.2, 0.25) is 0 Å². The molecule has 5 rings (SSSR count). The summed E-state index contributed by atoms with van der Waals surface area (Å²) in [5, 5.41) is 4.56. The Morgan fingerprint density at radius 1 is 1.30 bits per heavy atom. The maximum Gasteiger partial charge on any atom is 0.123 e. The van der Waals surface area contributed by atoms with E-state index in [0.29, 0.717) is 12.0 Å². The van der Waals surface area contributed by atoms with Crippen LogP contribution in [0.25, 0.3) is 11.8 Å². The number of allylic oxidation sites excluding steroid dienone is 1. The Labute approximate surface area is 134 Å². The van der Waals surface area contributed by atoms with Crippen LogP contribution in [0, 0.1) is 17.2 Å². The van der Waals surface area contributed by atoms with Crippen molar-refractivity contribution >= 4 is 6.08 Å². The number of hydrogen-bond acceptors (Lipinski definition) is 2. The summed E-state index contributed by atoms with van der Waals surface area (Å²) in [4.78, 5) is 0. The molecule has 0 bridgehead atoms. The molecular weight excluding hydrogens is 291 g/mol. The van der Waals surface area contributed by atoms with E-state index in [1.54, 1.807) is 12.1 Å². The van der Waals surface area contributed by atoms with E-state index in [4.69, 9.17) is 4.74 Å². The zero-order valence-electron chi connectivity index (χ0n) is 13.1. The summed E-state index contributed by atoms with van der Waals surface area (Å²) in [6, 6.07) is 6.54. The normalized spacial score (nSPS) is 31.5. The smallest absolute Gasteiger partial charge is 0.123 e. The summed E-state index contributed by atoms with van der Waals surface area (Å²) < 4.78 is 20.7. The van der Waals surface area contributed by atoms with Crippen LogP contribution < -0.4 is 0 Å². The first-order chi connectivity index (χ1) is 11.1. The van der Waals surface area contributed by atoms with E-state index in [1.165, 1.54) is 29.7 Å². The van der Waals surface area contributed by atoms with Crippen molar-refractivity contribution in [3.63, 3.8) is 0 Å². The number of aromatic nitrogens is 2. The molecule has 0 radical (unpaired) electrons. The topological polar surface area (TPSA) is 30.4 Å². The van der Waals surface area contributed by atoms with Gasteiger partial charge in [0.25, 0.3) is 0 Å². The summed E-state index contributed by atoms with van der Waals surface area (Å²) >= 11 is 0. The van der Waals surface area contributed by atoms with E-state index in [2.05, 4.69) is 18.1 Å². The van der Waals surface area contributed by atoms with E-state index in [-0.39, 0.29) is 11.2 Å². The molecule has 1 saturated carbocycles. The molecule has 1 aliphatic heterocycles. The Balaban J connectivity index is 1.57. The molecule has 3 nitrogen and oxygen atoms in total. The Morgan fingerprint density at radius 3 is 2.83 bits per heavy atom. The van der Waals surface area contributed by atoms with E-state index < -0.39 is 0 Å². The second kappa shape index (κ2) is 4.54. The first-order valence-corrected chi connectivity index (χ1v) is 8.31. The van der Waals surface area contributed by atoms with Gasteiger partial charge in [0, 0.05) is 0 Å². The van der Waals surface area contributed by atoms with Gasteiger partial charge in [-0.2, -0.15) is 5.10 Å². The average molecular weight is 310 g/mol. The zero-order chi connectivity index (χ0) is 15.6. The lowest BCUT2D eigenvalue weighted by molar-refractivity contribution is 0.209. The minimum atomic E-state index is -0.219. The molecule has 118 valence electrons. The zero-order valence-corrected chi connectivity index (χ0v) is 13.1. The van der Waals surface area contributed by atoms with Crippen LogP contribution in [0.4, 0.5) is 4.39 Å². The van der Waals surface area contributed by atoms with Crippen LogP contribution in [0.1, 0.15) is 31.0 Å².